The quantitative estimate of drug-likeness (QED) is 0.477. The van der Waals surface area contributed by atoms with Gasteiger partial charge in [-0.2, -0.15) is 0 Å². The molecule has 0 aliphatic rings. The summed E-state index contributed by atoms with van der Waals surface area (Å²) in [7, 11) is 0. The van der Waals surface area contributed by atoms with Crippen LogP contribution < -0.4 is 5.32 Å². The van der Waals surface area contributed by atoms with Crippen molar-refractivity contribution >= 4 is 12.0 Å². The SMILES string of the molecule is CCC(CC)N(CCO)C(=O)NC(CO)C(=O)O. The number of hydrogen-bond donors (Lipinski definition) is 4. The van der Waals surface area contributed by atoms with Gasteiger partial charge in [-0.1, -0.05) is 13.8 Å². The number of carbonyl (C=O) groups excluding carboxylic acids is 1. The highest BCUT2D eigenvalue weighted by atomic mass is 16.4. The zero-order valence-electron chi connectivity index (χ0n) is 10.8. The Labute approximate surface area is 106 Å². The number of carboxylic acid groups (broad SMARTS) is 1. The van der Waals surface area contributed by atoms with Crippen LogP contribution in [-0.4, -0.2) is 64.1 Å². The number of aliphatic carboxylic acids is 1. The molecular formula is C11H22N2O5. The van der Waals surface area contributed by atoms with E-state index in [9.17, 15) is 9.59 Å². The second-order valence-corrected chi connectivity index (χ2v) is 3.91. The van der Waals surface area contributed by atoms with E-state index in [0.717, 1.165) is 0 Å². The number of carboxylic acids is 1. The van der Waals surface area contributed by atoms with E-state index in [1.54, 1.807) is 0 Å². The average molecular weight is 262 g/mol. The van der Waals surface area contributed by atoms with Crippen molar-refractivity contribution in [3.63, 3.8) is 0 Å². The van der Waals surface area contributed by atoms with Crippen molar-refractivity contribution in [3.8, 4) is 0 Å². The highest BCUT2D eigenvalue weighted by Gasteiger charge is 2.25. The van der Waals surface area contributed by atoms with Crippen LogP contribution in [0.15, 0.2) is 0 Å². The molecule has 1 unspecified atom stereocenters. The number of aliphatic hydroxyl groups is 2. The lowest BCUT2D eigenvalue weighted by Gasteiger charge is -2.31. The molecule has 0 spiro atoms. The second kappa shape index (κ2) is 8.71. The molecule has 0 saturated heterocycles. The van der Waals surface area contributed by atoms with E-state index in [0.29, 0.717) is 12.8 Å². The first kappa shape index (κ1) is 16.7. The first-order chi connectivity index (χ1) is 8.51. The smallest absolute Gasteiger partial charge is 0.328 e. The number of rotatable bonds is 8. The Balaban J connectivity index is 4.69. The van der Waals surface area contributed by atoms with E-state index in [2.05, 4.69) is 5.32 Å². The summed E-state index contributed by atoms with van der Waals surface area (Å²) in [6, 6.07) is -1.97. The summed E-state index contributed by atoms with van der Waals surface area (Å²) >= 11 is 0. The van der Waals surface area contributed by atoms with E-state index in [1.165, 1.54) is 4.90 Å². The lowest BCUT2D eigenvalue weighted by Crippen LogP contribution is -2.53. The zero-order chi connectivity index (χ0) is 14.1. The predicted molar refractivity (Wildman–Crippen MR) is 65.2 cm³/mol. The van der Waals surface area contributed by atoms with E-state index in [1.807, 2.05) is 13.8 Å². The summed E-state index contributed by atoms with van der Waals surface area (Å²) < 4.78 is 0. The largest absolute Gasteiger partial charge is 0.480 e. The number of urea groups is 1. The van der Waals surface area contributed by atoms with Crippen LogP contribution in [0.3, 0.4) is 0 Å². The molecule has 0 rings (SSSR count). The number of carbonyl (C=O) groups is 2. The molecule has 0 fully saturated rings. The summed E-state index contributed by atoms with van der Waals surface area (Å²) in [6.07, 6.45) is 1.42. The Morgan fingerprint density at radius 2 is 1.78 bits per heavy atom. The van der Waals surface area contributed by atoms with Gasteiger partial charge in [0.15, 0.2) is 6.04 Å². The Morgan fingerprint density at radius 1 is 1.22 bits per heavy atom. The maximum absolute atomic E-state index is 11.9. The molecule has 0 bridgehead atoms. The fourth-order valence-corrected chi connectivity index (χ4v) is 1.70. The number of aliphatic hydroxyl groups excluding tert-OH is 2. The third-order valence-electron chi connectivity index (χ3n) is 2.76. The summed E-state index contributed by atoms with van der Waals surface area (Å²) in [5.41, 5.74) is 0. The highest BCUT2D eigenvalue weighted by molar-refractivity contribution is 5.82. The fourth-order valence-electron chi connectivity index (χ4n) is 1.70. The fraction of sp³-hybridized carbons (Fsp3) is 0.818. The number of nitrogens with one attached hydrogen (secondary N) is 1. The van der Waals surface area contributed by atoms with Crippen molar-refractivity contribution in [1.29, 1.82) is 0 Å². The first-order valence-corrected chi connectivity index (χ1v) is 6.03. The van der Waals surface area contributed by atoms with Crippen LogP contribution in [0.5, 0.6) is 0 Å². The van der Waals surface area contributed by atoms with Crippen molar-refractivity contribution in [2.24, 2.45) is 0 Å². The molecule has 106 valence electrons. The normalized spacial score (nSPS) is 12.3. The van der Waals surface area contributed by atoms with Gasteiger partial charge in [0.1, 0.15) is 0 Å². The topological polar surface area (TPSA) is 110 Å². The van der Waals surface area contributed by atoms with Crippen LogP contribution in [0.25, 0.3) is 0 Å². The van der Waals surface area contributed by atoms with Crippen molar-refractivity contribution in [2.75, 3.05) is 19.8 Å². The van der Waals surface area contributed by atoms with E-state index < -0.39 is 24.6 Å². The van der Waals surface area contributed by atoms with Gasteiger partial charge in [0.2, 0.25) is 0 Å². The van der Waals surface area contributed by atoms with E-state index >= 15 is 0 Å². The lowest BCUT2D eigenvalue weighted by molar-refractivity contribution is -0.140. The molecule has 2 amide bonds. The molecule has 7 nitrogen and oxygen atoms in total. The second-order valence-electron chi connectivity index (χ2n) is 3.91. The maximum Gasteiger partial charge on any atom is 0.328 e. The van der Waals surface area contributed by atoms with Crippen molar-refractivity contribution < 1.29 is 24.9 Å². The minimum absolute atomic E-state index is 0.0645. The van der Waals surface area contributed by atoms with Gasteiger partial charge in [0.25, 0.3) is 0 Å². The Hall–Kier alpha value is -1.34. The van der Waals surface area contributed by atoms with E-state index in [4.69, 9.17) is 15.3 Å². The standard InChI is InChI=1S/C11H22N2O5/c1-3-8(4-2)13(5-6-14)11(18)12-9(7-15)10(16)17/h8-9,14-15H,3-7H2,1-2H3,(H,12,18)(H,16,17). The molecule has 0 aromatic rings. The number of amides is 2. The average Bonchev–Trinajstić information content (AvgIpc) is 2.35. The van der Waals surface area contributed by atoms with Crippen molar-refractivity contribution in [3.05, 3.63) is 0 Å². The monoisotopic (exact) mass is 262 g/mol. The van der Waals surface area contributed by atoms with Gasteiger partial charge in [0.05, 0.1) is 13.2 Å². The number of nitrogens with zero attached hydrogens (tertiary/aromatic N) is 1. The summed E-state index contributed by atoms with van der Waals surface area (Å²) in [6.45, 7) is 3.09. The van der Waals surface area contributed by atoms with Gasteiger partial charge in [-0.3, -0.25) is 0 Å². The van der Waals surface area contributed by atoms with Gasteiger partial charge in [0, 0.05) is 12.6 Å². The molecule has 7 heteroatoms. The van der Waals surface area contributed by atoms with Gasteiger partial charge in [-0.25, -0.2) is 9.59 Å². The van der Waals surface area contributed by atoms with Gasteiger partial charge < -0.3 is 25.5 Å². The third kappa shape index (κ3) is 4.89. The maximum atomic E-state index is 11.9. The van der Waals surface area contributed by atoms with Gasteiger partial charge in [-0.05, 0) is 12.8 Å². The molecule has 0 aromatic carbocycles. The van der Waals surface area contributed by atoms with Crippen molar-refractivity contribution in [1.82, 2.24) is 10.2 Å². The Morgan fingerprint density at radius 3 is 2.11 bits per heavy atom. The lowest BCUT2D eigenvalue weighted by atomic mass is 10.1. The molecule has 0 aliphatic heterocycles. The summed E-state index contributed by atoms with van der Waals surface area (Å²) in [5.74, 6) is -1.29. The van der Waals surface area contributed by atoms with Gasteiger partial charge >= 0.3 is 12.0 Å². The van der Waals surface area contributed by atoms with Crippen molar-refractivity contribution in [2.45, 2.75) is 38.8 Å². The molecule has 0 saturated carbocycles. The summed E-state index contributed by atoms with van der Waals surface area (Å²) in [5, 5.41) is 28.8. The highest BCUT2D eigenvalue weighted by Crippen LogP contribution is 2.08. The third-order valence-corrected chi connectivity index (χ3v) is 2.76. The molecule has 4 N–H and O–H groups in total. The predicted octanol–water partition coefficient (Wildman–Crippen LogP) is -0.376. The van der Waals surface area contributed by atoms with Gasteiger partial charge in [-0.15, -0.1) is 0 Å². The van der Waals surface area contributed by atoms with Crippen LogP contribution in [0.4, 0.5) is 4.79 Å². The zero-order valence-corrected chi connectivity index (χ0v) is 10.8. The van der Waals surface area contributed by atoms with Crippen LogP contribution in [0, 0.1) is 0 Å². The Kier molecular flexibility index (Phi) is 8.06. The molecule has 0 aliphatic carbocycles. The Bertz CT molecular complexity index is 268. The minimum atomic E-state index is -1.33. The van der Waals surface area contributed by atoms with Crippen LogP contribution in [0.1, 0.15) is 26.7 Å². The minimum Gasteiger partial charge on any atom is -0.480 e. The molecule has 18 heavy (non-hydrogen) atoms. The summed E-state index contributed by atoms with van der Waals surface area (Å²) in [4.78, 5) is 24.0. The molecule has 0 radical (unpaired) electrons. The first-order valence-electron chi connectivity index (χ1n) is 6.03. The molecule has 0 heterocycles. The van der Waals surface area contributed by atoms with Crippen LogP contribution in [0.2, 0.25) is 0 Å². The molecule has 1 atom stereocenters. The molecule has 0 aromatic heterocycles. The number of hydrogen-bond acceptors (Lipinski definition) is 4. The van der Waals surface area contributed by atoms with Crippen LogP contribution >= 0.6 is 0 Å². The molecular weight excluding hydrogens is 240 g/mol. The van der Waals surface area contributed by atoms with Crippen LogP contribution in [-0.2, 0) is 4.79 Å². The van der Waals surface area contributed by atoms with E-state index in [-0.39, 0.29) is 19.2 Å².